The van der Waals surface area contributed by atoms with Crippen LogP contribution in [0.2, 0.25) is 0 Å². The Hall–Kier alpha value is -2.49. The van der Waals surface area contributed by atoms with Crippen molar-refractivity contribution in [2.24, 2.45) is 0 Å². The lowest BCUT2D eigenvalue weighted by Gasteiger charge is -2.21. The maximum atomic E-state index is 12.5. The van der Waals surface area contributed by atoms with Crippen molar-refractivity contribution in [1.29, 1.82) is 0 Å². The van der Waals surface area contributed by atoms with E-state index in [4.69, 9.17) is 11.5 Å². The quantitative estimate of drug-likeness (QED) is 0.828. The number of hydrogen-bond donors (Lipinski definition) is 2. The van der Waals surface area contributed by atoms with Gasteiger partial charge < -0.3 is 16.4 Å². The highest BCUT2D eigenvalue weighted by atomic mass is 16.2. The number of benzene rings is 2. The van der Waals surface area contributed by atoms with Gasteiger partial charge in [-0.2, -0.15) is 0 Å². The number of amides is 1. The average Bonchev–Trinajstić information content (AvgIpc) is 2.44. The first kappa shape index (κ1) is 13.0. The summed E-state index contributed by atoms with van der Waals surface area (Å²) >= 11 is 0. The van der Waals surface area contributed by atoms with Crippen LogP contribution in [0, 0.1) is 0 Å². The van der Waals surface area contributed by atoms with E-state index in [0.717, 1.165) is 5.69 Å². The van der Waals surface area contributed by atoms with Gasteiger partial charge in [-0.1, -0.05) is 18.2 Å². The van der Waals surface area contributed by atoms with E-state index in [2.05, 4.69) is 0 Å². The number of nitrogens with zero attached hydrogens (tertiary/aromatic N) is 1. The Morgan fingerprint density at radius 1 is 1.05 bits per heavy atom. The Labute approximate surface area is 112 Å². The van der Waals surface area contributed by atoms with Crippen LogP contribution in [0.15, 0.2) is 48.5 Å². The first-order chi connectivity index (χ1) is 9.13. The van der Waals surface area contributed by atoms with Crippen LogP contribution >= 0.6 is 0 Å². The predicted molar refractivity (Wildman–Crippen MR) is 79.1 cm³/mol. The summed E-state index contributed by atoms with van der Waals surface area (Å²) in [4.78, 5) is 14.2. The van der Waals surface area contributed by atoms with Crippen LogP contribution in [-0.4, -0.2) is 12.5 Å². The van der Waals surface area contributed by atoms with Gasteiger partial charge in [0.1, 0.15) is 0 Å². The van der Waals surface area contributed by atoms with E-state index in [-0.39, 0.29) is 5.91 Å². The Bertz CT molecular complexity index is 581. The van der Waals surface area contributed by atoms with Crippen LogP contribution < -0.4 is 16.4 Å². The van der Waals surface area contributed by atoms with E-state index >= 15 is 0 Å². The number of carbonyl (C=O) groups is 1. The van der Waals surface area contributed by atoms with E-state index in [1.807, 2.05) is 37.3 Å². The standard InChI is InChI=1S/C15H17N3O/c1-2-18(12-6-4-3-5-7-12)15(19)11-8-9-13(16)14(17)10-11/h3-10H,2,16-17H2,1H3. The van der Waals surface area contributed by atoms with E-state index in [1.165, 1.54) is 0 Å². The zero-order valence-corrected chi connectivity index (χ0v) is 10.8. The molecule has 2 aromatic rings. The molecule has 0 aliphatic heterocycles. The third-order valence-electron chi connectivity index (χ3n) is 2.96. The minimum atomic E-state index is -0.0830. The predicted octanol–water partition coefficient (Wildman–Crippen LogP) is 2.52. The molecule has 0 radical (unpaired) electrons. The molecule has 0 unspecified atom stereocenters. The van der Waals surface area contributed by atoms with Crippen molar-refractivity contribution in [2.75, 3.05) is 22.9 Å². The highest BCUT2D eigenvalue weighted by molar-refractivity contribution is 6.06. The third-order valence-corrected chi connectivity index (χ3v) is 2.96. The maximum Gasteiger partial charge on any atom is 0.258 e. The Kier molecular flexibility index (Phi) is 3.71. The van der Waals surface area contributed by atoms with E-state index in [9.17, 15) is 4.79 Å². The van der Waals surface area contributed by atoms with E-state index in [0.29, 0.717) is 23.5 Å². The van der Waals surface area contributed by atoms with Crippen LogP contribution in [0.5, 0.6) is 0 Å². The van der Waals surface area contributed by atoms with E-state index < -0.39 is 0 Å². The molecule has 2 aromatic carbocycles. The highest BCUT2D eigenvalue weighted by Gasteiger charge is 2.16. The summed E-state index contributed by atoms with van der Waals surface area (Å²) in [5, 5.41) is 0. The monoisotopic (exact) mass is 255 g/mol. The zero-order valence-electron chi connectivity index (χ0n) is 10.8. The molecule has 0 saturated heterocycles. The summed E-state index contributed by atoms with van der Waals surface area (Å²) in [7, 11) is 0. The van der Waals surface area contributed by atoms with Crippen LogP contribution in [0.1, 0.15) is 17.3 Å². The fourth-order valence-corrected chi connectivity index (χ4v) is 1.91. The summed E-state index contributed by atoms with van der Waals surface area (Å²) < 4.78 is 0. The van der Waals surface area contributed by atoms with Gasteiger partial charge in [-0.15, -0.1) is 0 Å². The van der Waals surface area contributed by atoms with Gasteiger partial charge in [0.2, 0.25) is 0 Å². The molecular formula is C15H17N3O. The fraction of sp³-hybridized carbons (Fsp3) is 0.133. The first-order valence-corrected chi connectivity index (χ1v) is 6.15. The fourth-order valence-electron chi connectivity index (χ4n) is 1.91. The van der Waals surface area contributed by atoms with Gasteiger partial charge in [-0.3, -0.25) is 4.79 Å². The molecule has 0 aliphatic carbocycles. The van der Waals surface area contributed by atoms with Crippen LogP contribution in [0.3, 0.4) is 0 Å². The molecule has 0 spiro atoms. The lowest BCUT2D eigenvalue weighted by molar-refractivity contribution is 0.0988. The zero-order chi connectivity index (χ0) is 13.8. The number of hydrogen-bond acceptors (Lipinski definition) is 3. The van der Waals surface area contributed by atoms with Crippen LogP contribution in [-0.2, 0) is 0 Å². The van der Waals surface area contributed by atoms with Gasteiger partial charge in [-0.05, 0) is 37.3 Å². The van der Waals surface area contributed by atoms with Gasteiger partial charge in [-0.25, -0.2) is 0 Å². The lowest BCUT2D eigenvalue weighted by Crippen LogP contribution is -2.30. The molecule has 0 aliphatic rings. The highest BCUT2D eigenvalue weighted by Crippen LogP contribution is 2.20. The molecule has 0 bridgehead atoms. The van der Waals surface area contributed by atoms with Crippen molar-refractivity contribution in [3.8, 4) is 0 Å². The largest absolute Gasteiger partial charge is 0.397 e. The second-order valence-electron chi connectivity index (χ2n) is 4.23. The van der Waals surface area contributed by atoms with Gasteiger partial charge >= 0.3 is 0 Å². The first-order valence-electron chi connectivity index (χ1n) is 6.15. The van der Waals surface area contributed by atoms with Crippen LogP contribution in [0.25, 0.3) is 0 Å². The lowest BCUT2D eigenvalue weighted by atomic mass is 10.1. The minimum absolute atomic E-state index is 0.0830. The molecule has 0 fully saturated rings. The number of anilines is 3. The van der Waals surface area contributed by atoms with Gasteiger partial charge in [0.25, 0.3) is 5.91 Å². The van der Waals surface area contributed by atoms with Crippen molar-refractivity contribution in [3.05, 3.63) is 54.1 Å². The van der Waals surface area contributed by atoms with Crippen molar-refractivity contribution in [2.45, 2.75) is 6.92 Å². The van der Waals surface area contributed by atoms with Crippen molar-refractivity contribution < 1.29 is 4.79 Å². The Morgan fingerprint density at radius 3 is 2.32 bits per heavy atom. The SMILES string of the molecule is CCN(C(=O)c1ccc(N)c(N)c1)c1ccccc1. The molecule has 4 nitrogen and oxygen atoms in total. The molecule has 0 saturated carbocycles. The molecule has 0 atom stereocenters. The summed E-state index contributed by atoms with van der Waals surface area (Å²) in [5.41, 5.74) is 13.7. The summed E-state index contributed by atoms with van der Waals surface area (Å²) in [6, 6.07) is 14.5. The molecule has 0 heterocycles. The molecule has 2 rings (SSSR count). The van der Waals surface area contributed by atoms with Gasteiger partial charge in [0, 0.05) is 17.8 Å². The molecule has 4 N–H and O–H groups in total. The number of rotatable bonds is 3. The smallest absolute Gasteiger partial charge is 0.258 e. The van der Waals surface area contributed by atoms with Crippen molar-refractivity contribution in [3.63, 3.8) is 0 Å². The van der Waals surface area contributed by atoms with Crippen molar-refractivity contribution >= 4 is 23.0 Å². The average molecular weight is 255 g/mol. The maximum absolute atomic E-state index is 12.5. The second-order valence-corrected chi connectivity index (χ2v) is 4.23. The molecule has 19 heavy (non-hydrogen) atoms. The van der Waals surface area contributed by atoms with Gasteiger partial charge in [0.15, 0.2) is 0 Å². The molecule has 98 valence electrons. The second kappa shape index (κ2) is 5.44. The number of carbonyl (C=O) groups excluding carboxylic acids is 1. The molecule has 4 heteroatoms. The van der Waals surface area contributed by atoms with E-state index in [1.54, 1.807) is 23.1 Å². The Balaban J connectivity index is 2.33. The molecule has 0 aromatic heterocycles. The molecular weight excluding hydrogens is 238 g/mol. The summed E-state index contributed by atoms with van der Waals surface area (Å²) in [6.07, 6.45) is 0. The number of nitrogens with two attached hydrogens (primary N) is 2. The minimum Gasteiger partial charge on any atom is -0.397 e. The molecule has 1 amide bonds. The summed E-state index contributed by atoms with van der Waals surface area (Å²) in [5.74, 6) is -0.0830. The number of nitrogen functional groups attached to an aromatic ring is 2. The normalized spacial score (nSPS) is 10.2. The van der Waals surface area contributed by atoms with Crippen molar-refractivity contribution in [1.82, 2.24) is 0 Å². The Morgan fingerprint density at radius 2 is 1.74 bits per heavy atom. The topological polar surface area (TPSA) is 72.3 Å². The number of para-hydroxylation sites is 1. The van der Waals surface area contributed by atoms with Crippen LogP contribution in [0.4, 0.5) is 17.1 Å². The van der Waals surface area contributed by atoms with Gasteiger partial charge in [0.05, 0.1) is 11.4 Å². The third kappa shape index (κ3) is 2.68. The summed E-state index contributed by atoms with van der Waals surface area (Å²) in [6.45, 7) is 2.53.